The molecule has 2 heterocycles. The van der Waals surface area contributed by atoms with Crippen LogP contribution in [0.3, 0.4) is 0 Å². The van der Waals surface area contributed by atoms with Crippen LogP contribution in [-0.2, 0) is 31.9 Å². The fourth-order valence-corrected chi connectivity index (χ4v) is 2.81. The minimum atomic E-state index is -1.08. The van der Waals surface area contributed by atoms with Gasteiger partial charge in [-0.2, -0.15) is 0 Å². The topological polar surface area (TPSA) is 99.1 Å². The van der Waals surface area contributed by atoms with Crippen molar-refractivity contribution in [1.29, 1.82) is 0 Å². The molecule has 0 aliphatic carbocycles. The maximum Gasteiger partial charge on any atom is 0.332 e. The number of carboxylic acids is 1. The van der Waals surface area contributed by atoms with E-state index in [1.54, 1.807) is 18.2 Å². The minimum absolute atomic E-state index is 0.160. The van der Waals surface area contributed by atoms with E-state index >= 15 is 0 Å². The highest BCUT2D eigenvalue weighted by Gasteiger charge is 2.20. The standard InChI is InChI=1S/C16H15BN4O4/c1-19-14-13(15(24)20(2)16(19)25)21(11(18-14)7-12(22)23)8-9-4-3-5-10(17)6-9/h3-6H,7-8H2,1-2H3,(H,22,23). The number of hydrogen-bond acceptors (Lipinski definition) is 4. The quantitative estimate of drug-likeness (QED) is 0.609. The summed E-state index contributed by atoms with van der Waals surface area (Å²) >= 11 is 0. The number of aryl methyl sites for hydroxylation is 1. The molecule has 25 heavy (non-hydrogen) atoms. The Morgan fingerprint density at radius 1 is 1.24 bits per heavy atom. The van der Waals surface area contributed by atoms with E-state index in [1.807, 2.05) is 6.07 Å². The number of carboxylic acid groups (broad SMARTS) is 1. The number of benzene rings is 1. The molecular formula is C16H15BN4O4. The first kappa shape index (κ1) is 16.8. The zero-order valence-electron chi connectivity index (χ0n) is 13.8. The smallest absolute Gasteiger partial charge is 0.332 e. The number of carbonyl (C=O) groups is 1. The molecule has 0 amide bonds. The van der Waals surface area contributed by atoms with Gasteiger partial charge in [0.25, 0.3) is 5.56 Å². The average Bonchev–Trinajstić information content (AvgIpc) is 2.89. The molecule has 0 aliphatic rings. The molecule has 0 unspecified atom stereocenters. The van der Waals surface area contributed by atoms with Crippen LogP contribution in [-0.4, -0.2) is 37.6 Å². The fourth-order valence-electron chi connectivity index (χ4n) is 2.81. The molecule has 9 heteroatoms. The van der Waals surface area contributed by atoms with Gasteiger partial charge in [0.2, 0.25) is 0 Å². The van der Waals surface area contributed by atoms with Crippen molar-refractivity contribution in [3.63, 3.8) is 0 Å². The molecule has 1 aromatic carbocycles. The molecule has 0 spiro atoms. The number of hydrogen-bond donors (Lipinski definition) is 1. The Hall–Kier alpha value is -3.10. The summed E-state index contributed by atoms with van der Waals surface area (Å²) in [5.74, 6) is -0.880. The summed E-state index contributed by atoms with van der Waals surface area (Å²) < 4.78 is 3.74. The zero-order chi connectivity index (χ0) is 18.3. The lowest BCUT2D eigenvalue weighted by Crippen LogP contribution is -2.37. The van der Waals surface area contributed by atoms with Crippen LogP contribution in [0.25, 0.3) is 11.2 Å². The van der Waals surface area contributed by atoms with Gasteiger partial charge < -0.3 is 9.67 Å². The van der Waals surface area contributed by atoms with E-state index in [2.05, 4.69) is 4.98 Å². The molecule has 0 bridgehead atoms. The lowest BCUT2D eigenvalue weighted by Gasteiger charge is -2.10. The summed E-state index contributed by atoms with van der Waals surface area (Å²) in [7, 11) is 8.65. The number of imidazole rings is 1. The van der Waals surface area contributed by atoms with Crippen molar-refractivity contribution >= 4 is 30.4 Å². The summed E-state index contributed by atoms with van der Waals surface area (Å²) in [6.07, 6.45) is -0.367. The second-order valence-corrected chi connectivity index (χ2v) is 5.81. The van der Waals surface area contributed by atoms with Crippen molar-refractivity contribution in [1.82, 2.24) is 18.7 Å². The van der Waals surface area contributed by atoms with Crippen molar-refractivity contribution < 1.29 is 9.90 Å². The minimum Gasteiger partial charge on any atom is -0.481 e. The number of rotatable bonds is 4. The largest absolute Gasteiger partial charge is 0.481 e. The van der Waals surface area contributed by atoms with Crippen LogP contribution in [0.1, 0.15) is 11.4 Å². The second kappa shape index (κ2) is 6.08. The first-order chi connectivity index (χ1) is 11.8. The normalized spacial score (nSPS) is 11.1. The van der Waals surface area contributed by atoms with E-state index < -0.39 is 17.2 Å². The molecular weight excluding hydrogens is 323 g/mol. The van der Waals surface area contributed by atoms with Crippen molar-refractivity contribution in [2.24, 2.45) is 14.1 Å². The van der Waals surface area contributed by atoms with Crippen LogP contribution in [0.5, 0.6) is 0 Å². The van der Waals surface area contributed by atoms with Gasteiger partial charge in [0, 0.05) is 20.6 Å². The molecule has 3 rings (SSSR count). The molecule has 0 aliphatic heterocycles. The molecule has 0 atom stereocenters. The molecule has 8 nitrogen and oxygen atoms in total. The fraction of sp³-hybridized carbons (Fsp3) is 0.250. The number of fused-ring (bicyclic) bond motifs is 1. The van der Waals surface area contributed by atoms with Gasteiger partial charge in [0.1, 0.15) is 20.1 Å². The van der Waals surface area contributed by atoms with Crippen molar-refractivity contribution in [3.05, 3.63) is 56.5 Å². The maximum atomic E-state index is 12.6. The van der Waals surface area contributed by atoms with Crippen LogP contribution >= 0.6 is 0 Å². The van der Waals surface area contributed by atoms with E-state index in [0.29, 0.717) is 5.46 Å². The van der Waals surface area contributed by atoms with Gasteiger partial charge in [-0.3, -0.25) is 18.7 Å². The zero-order valence-corrected chi connectivity index (χ0v) is 13.8. The Balaban J connectivity index is 2.32. The molecule has 0 saturated carbocycles. The number of nitrogens with zero attached hydrogens (tertiary/aromatic N) is 4. The highest BCUT2D eigenvalue weighted by Crippen LogP contribution is 2.14. The summed E-state index contributed by atoms with van der Waals surface area (Å²) in [4.78, 5) is 40.1. The predicted molar refractivity (Wildman–Crippen MR) is 92.5 cm³/mol. The molecule has 126 valence electrons. The third kappa shape index (κ3) is 2.88. The van der Waals surface area contributed by atoms with Gasteiger partial charge >= 0.3 is 11.7 Å². The highest BCUT2D eigenvalue weighted by atomic mass is 16.4. The Morgan fingerprint density at radius 3 is 2.60 bits per heavy atom. The maximum absolute atomic E-state index is 12.6. The van der Waals surface area contributed by atoms with E-state index in [0.717, 1.165) is 10.1 Å². The van der Waals surface area contributed by atoms with Crippen LogP contribution in [0.4, 0.5) is 0 Å². The van der Waals surface area contributed by atoms with Crippen molar-refractivity contribution in [2.45, 2.75) is 13.0 Å². The third-order valence-electron chi connectivity index (χ3n) is 4.03. The van der Waals surface area contributed by atoms with Gasteiger partial charge in [-0.1, -0.05) is 29.7 Å². The second-order valence-electron chi connectivity index (χ2n) is 5.81. The van der Waals surface area contributed by atoms with Crippen molar-refractivity contribution in [3.8, 4) is 0 Å². The van der Waals surface area contributed by atoms with Crippen LogP contribution in [0, 0.1) is 0 Å². The van der Waals surface area contributed by atoms with Crippen molar-refractivity contribution in [2.75, 3.05) is 0 Å². The summed E-state index contributed by atoms with van der Waals surface area (Å²) in [5.41, 5.74) is 0.652. The lowest BCUT2D eigenvalue weighted by molar-refractivity contribution is -0.136. The first-order valence-corrected chi connectivity index (χ1v) is 7.51. The summed E-state index contributed by atoms with van der Waals surface area (Å²) in [6, 6.07) is 7.06. The molecule has 2 radical (unpaired) electrons. The Morgan fingerprint density at radius 2 is 1.96 bits per heavy atom. The molecule has 3 aromatic rings. The SMILES string of the molecule is [B]c1cccc(Cn2c(CC(=O)O)nc3c2c(=O)n(C)c(=O)n3C)c1. The summed E-state index contributed by atoms with van der Waals surface area (Å²) in [6.45, 7) is 0.220. The van der Waals surface area contributed by atoms with Gasteiger partial charge in [-0.15, -0.1) is 0 Å². The molecule has 0 fully saturated rings. The van der Waals surface area contributed by atoms with Gasteiger partial charge in [-0.05, 0) is 5.56 Å². The van der Waals surface area contributed by atoms with E-state index in [9.17, 15) is 14.4 Å². The Bertz CT molecular complexity index is 1110. The monoisotopic (exact) mass is 338 g/mol. The first-order valence-electron chi connectivity index (χ1n) is 7.51. The average molecular weight is 338 g/mol. The third-order valence-corrected chi connectivity index (χ3v) is 4.03. The van der Waals surface area contributed by atoms with Crippen LogP contribution in [0.2, 0.25) is 0 Å². The molecule has 2 aromatic heterocycles. The molecule has 1 N–H and O–H groups in total. The van der Waals surface area contributed by atoms with E-state index in [1.165, 1.54) is 23.2 Å². The number of aliphatic carboxylic acids is 1. The highest BCUT2D eigenvalue weighted by molar-refractivity contribution is 6.32. The van der Waals surface area contributed by atoms with Gasteiger partial charge in [-0.25, -0.2) is 9.78 Å². The lowest BCUT2D eigenvalue weighted by atomic mass is 9.94. The van der Waals surface area contributed by atoms with Crippen LogP contribution in [0.15, 0.2) is 33.9 Å². The predicted octanol–water partition coefficient (Wildman–Crippen LogP) is -1.10. The van der Waals surface area contributed by atoms with E-state index in [-0.39, 0.29) is 30.0 Å². The van der Waals surface area contributed by atoms with E-state index in [4.69, 9.17) is 13.0 Å². The van der Waals surface area contributed by atoms with Crippen LogP contribution < -0.4 is 16.7 Å². The van der Waals surface area contributed by atoms with Gasteiger partial charge in [0.05, 0.1) is 0 Å². The summed E-state index contributed by atoms with van der Waals surface area (Å²) in [5, 5.41) is 9.15. The molecule has 0 saturated heterocycles. The Kier molecular flexibility index (Phi) is 4.07. The number of aromatic nitrogens is 4. The van der Waals surface area contributed by atoms with Gasteiger partial charge in [0.15, 0.2) is 11.2 Å². The Labute approximate surface area is 143 Å².